The minimum Gasteiger partial charge on any atom is -0.0778 e. The van der Waals surface area contributed by atoms with Crippen LogP contribution in [-0.2, 0) is 0 Å². The van der Waals surface area contributed by atoms with E-state index < -0.39 is 0 Å². The van der Waals surface area contributed by atoms with Gasteiger partial charge in [0.25, 0.3) is 0 Å². The average molecular weight is 198 g/mol. The summed E-state index contributed by atoms with van der Waals surface area (Å²) >= 11 is 0. The SMILES string of the molecule is C.CC1=CCC=C(c2ccccc2)C=C1. The van der Waals surface area contributed by atoms with E-state index in [1.165, 1.54) is 16.7 Å². The van der Waals surface area contributed by atoms with Crippen molar-refractivity contribution >= 4 is 5.57 Å². The van der Waals surface area contributed by atoms with Crippen molar-refractivity contribution in [3.63, 3.8) is 0 Å². The number of benzene rings is 1. The van der Waals surface area contributed by atoms with E-state index in [1.54, 1.807) is 0 Å². The molecular formula is C15H18. The van der Waals surface area contributed by atoms with Gasteiger partial charge in [0.15, 0.2) is 0 Å². The maximum Gasteiger partial charge on any atom is -0.0154 e. The van der Waals surface area contributed by atoms with Gasteiger partial charge >= 0.3 is 0 Å². The highest BCUT2D eigenvalue weighted by Crippen LogP contribution is 2.19. The van der Waals surface area contributed by atoms with Crippen LogP contribution < -0.4 is 0 Å². The first-order valence-corrected chi connectivity index (χ1v) is 4.97. The summed E-state index contributed by atoms with van der Waals surface area (Å²) in [5, 5.41) is 0. The van der Waals surface area contributed by atoms with Gasteiger partial charge in [-0.2, -0.15) is 0 Å². The molecule has 0 unspecified atom stereocenters. The van der Waals surface area contributed by atoms with E-state index in [9.17, 15) is 0 Å². The van der Waals surface area contributed by atoms with E-state index in [1.807, 2.05) is 6.07 Å². The lowest BCUT2D eigenvalue weighted by Crippen LogP contribution is -1.78. The molecule has 0 nitrogen and oxygen atoms in total. The van der Waals surface area contributed by atoms with E-state index >= 15 is 0 Å². The molecule has 0 aromatic heterocycles. The molecule has 78 valence electrons. The van der Waals surface area contributed by atoms with Gasteiger partial charge in [0.05, 0.1) is 0 Å². The zero-order valence-corrected chi connectivity index (χ0v) is 8.40. The first kappa shape index (κ1) is 11.5. The predicted octanol–water partition coefficient (Wildman–Crippen LogP) is 4.61. The van der Waals surface area contributed by atoms with Crippen LogP contribution in [0.5, 0.6) is 0 Å². The van der Waals surface area contributed by atoms with Crippen LogP contribution in [0.2, 0.25) is 0 Å². The molecule has 0 aliphatic heterocycles. The minimum absolute atomic E-state index is 0. The van der Waals surface area contributed by atoms with E-state index in [0.717, 1.165) is 6.42 Å². The normalized spacial score (nSPS) is 14.7. The Labute approximate surface area is 92.6 Å². The Bertz CT molecular complexity index is 391. The Morgan fingerprint density at radius 1 is 0.933 bits per heavy atom. The summed E-state index contributed by atoms with van der Waals surface area (Å²) in [5.74, 6) is 0. The molecule has 0 atom stereocenters. The zero-order chi connectivity index (χ0) is 9.80. The van der Waals surface area contributed by atoms with Gasteiger partial charge in [-0.05, 0) is 24.5 Å². The standard InChI is InChI=1S/C14H14.CH4/c1-12-6-5-9-14(11-10-12)13-7-3-2-4-8-13;/h2-4,6-11H,5H2,1H3;1H4. The summed E-state index contributed by atoms with van der Waals surface area (Å²) < 4.78 is 0. The van der Waals surface area contributed by atoms with E-state index in [-0.39, 0.29) is 7.43 Å². The topological polar surface area (TPSA) is 0 Å². The summed E-state index contributed by atoms with van der Waals surface area (Å²) in [6.45, 7) is 2.14. The number of rotatable bonds is 1. The molecule has 0 heterocycles. The van der Waals surface area contributed by atoms with Crippen LogP contribution in [0.1, 0.15) is 26.3 Å². The van der Waals surface area contributed by atoms with Gasteiger partial charge in [0.2, 0.25) is 0 Å². The van der Waals surface area contributed by atoms with Crippen LogP contribution in [-0.4, -0.2) is 0 Å². The number of hydrogen-bond acceptors (Lipinski definition) is 0. The first-order chi connectivity index (χ1) is 6.86. The minimum atomic E-state index is 0. The van der Waals surface area contributed by atoms with Crippen molar-refractivity contribution in [2.24, 2.45) is 0 Å². The summed E-state index contributed by atoms with van der Waals surface area (Å²) in [6.07, 6.45) is 9.90. The lowest BCUT2D eigenvalue weighted by molar-refractivity contribution is 1.35. The lowest BCUT2D eigenvalue weighted by Gasteiger charge is -2.00. The molecule has 0 fully saturated rings. The van der Waals surface area contributed by atoms with Crippen molar-refractivity contribution < 1.29 is 0 Å². The van der Waals surface area contributed by atoms with Crippen molar-refractivity contribution in [2.75, 3.05) is 0 Å². The summed E-state index contributed by atoms with van der Waals surface area (Å²) in [4.78, 5) is 0. The molecule has 1 aliphatic rings. The predicted molar refractivity (Wildman–Crippen MR) is 68.7 cm³/mol. The molecule has 2 rings (SSSR count). The highest BCUT2D eigenvalue weighted by molar-refractivity contribution is 5.75. The Morgan fingerprint density at radius 2 is 1.67 bits per heavy atom. The third-order valence-electron chi connectivity index (χ3n) is 2.41. The molecule has 0 bridgehead atoms. The van der Waals surface area contributed by atoms with Gasteiger partial charge in [-0.15, -0.1) is 0 Å². The van der Waals surface area contributed by atoms with Gasteiger partial charge in [0, 0.05) is 0 Å². The quantitative estimate of drug-likeness (QED) is 0.618. The van der Waals surface area contributed by atoms with E-state index in [4.69, 9.17) is 0 Å². The molecule has 0 N–H and O–H groups in total. The van der Waals surface area contributed by atoms with Gasteiger partial charge in [0.1, 0.15) is 0 Å². The maximum absolute atomic E-state index is 2.27. The van der Waals surface area contributed by atoms with Crippen LogP contribution in [0.3, 0.4) is 0 Å². The summed E-state index contributed by atoms with van der Waals surface area (Å²) in [5.41, 5.74) is 3.96. The molecular weight excluding hydrogens is 180 g/mol. The van der Waals surface area contributed by atoms with Crippen LogP contribution in [0.4, 0.5) is 0 Å². The van der Waals surface area contributed by atoms with Crippen LogP contribution in [0, 0.1) is 0 Å². The van der Waals surface area contributed by atoms with Crippen LogP contribution >= 0.6 is 0 Å². The number of allylic oxidation sites excluding steroid dienone is 6. The Hall–Kier alpha value is -1.56. The third-order valence-corrected chi connectivity index (χ3v) is 2.41. The maximum atomic E-state index is 2.27. The van der Waals surface area contributed by atoms with Crippen LogP contribution in [0.25, 0.3) is 5.57 Å². The Kier molecular flexibility index (Phi) is 4.11. The van der Waals surface area contributed by atoms with Crippen molar-refractivity contribution in [1.82, 2.24) is 0 Å². The third kappa shape index (κ3) is 2.95. The van der Waals surface area contributed by atoms with Crippen molar-refractivity contribution in [1.29, 1.82) is 0 Å². The highest BCUT2D eigenvalue weighted by atomic mass is 14.0. The zero-order valence-electron chi connectivity index (χ0n) is 8.40. The molecule has 0 saturated heterocycles. The monoisotopic (exact) mass is 198 g/mol. The van der Waals surface area contributed by atoms with Crippen molar-refractivity contribution in [2.45, 2.75) is 20.8 Å². The molecule has 0 heteroatoms. The highest BCUT2D eigenvalue weighted by Gasteiger charge is 1.98. The molecule has 0 radical (unpaired) electrons. The second kappa shape index (κ2) is 5.35. The summed E-state index contributed by atoms with van der Waals surface area (Å²) in [7, 11) is 0. The second-order valence-corrected chi connectivity index (χ2v) is 3.54. The molecule has 0 saturated carbocycles. The molecule has 0 spiro atoms. The molecule has 0 amide bonds. The van der Waals surface area contributed by atoms with Gasteiger partial charge in [-0.1, -0.05) is 67.6 Å². The fraction of sp³-hybridized carbons (Fsp3) is 0.200. The van der Waals surface area contributed by atoms with Gasteiger partial charge in [-0.25, -0.2) is 0 Å². The van der Waals surface area contributed by atoms with E-state index in [0.29, 0.717) is 0 Å². The second-order valence-electron chi connectivity index (χ2n) is 3.54. The molecule has 1 aromatic carbocycles. The average Bonchev–Trinajstić information content (AvgIpc) is 2.44. The van der Waals surface area contributed by atoms with Gasteiger partial charge in [-0.3, -0.25) is 0 Å². The Balaban J connectivity index is 0.00000112. The Morgan fingerprint density at radius 3 is 2.40 bits per heavy atom. The van der Waals surface area contributed by atoms with Crippen LogP contribution in [0.15, 0.2) is 60.2 Å². The molecule has 15 heavy (non-hydrogen) atoms. The smallest absolute Gasteiger partial charge is 0.0154 e. The lowest BCUT2D eigenvalue weighted by atomic mass is 10.1. The van der Waals surface area contributed by atoms with E-state index in [2.05, 4.69) is 55.5 Å². The molecule has 1 aromatic rings. The first-order valence-electron chi connectivity index (χ1n) is 4.97. The van der Waals surface area contributed by atoms with Crippen molar-refractivity contribution in [3.8, 4) is 0 Å². The van der Waals surface area contributed by atoms with Gasteiger partial charge < -0.3 is 0 Å². The fourth-order valence-corrected chi connectivity index (χ4v) is 1.57. The van der Waals surface area contributed by atoms with Crippen molar-refractivity contribution in [3.05, 3.63) is 65.8 Å². The molecule has 1 aliphatic carbocycles. The largest absolute Gasteiger partial charge is 0.0778 e. The fourth-order valence-electron chi connectivity index (χ4n) is 1.57. The summed E-state index contributed by atoms with van der Waals surface area (Å²) in [6, 6.07) is 10.5. The number of hydrogen-bond donors (Lipinski definition) is 0.